The van der Waals surface area contributed by atoms with Gasteiger partial charge in [-0.3, -0.25) is 9.69 Å². The van der Waals surface area contributed by atoms with E-state index in [9.17, 15) is 4.79 Å². The highest BCUT2D eigenvalue weighted by atomic mass is 31.0. The van der Waals surface area contributed by atoms with Crippen LogP contribution in [-0.4, -0.2) is 87.4 Å². The average Bonchev–Trinajstić information content (AvgIpc) is 3.30. The standard InChI is InChI=1S/C34H45BN5O3P/c1-33(35,44)18-40-26(6-5-15-37-29-14-9-23(32(41)36-2)16-31(29)42-3)17-27-28(7-4-8-30(27)40)38-24-10-12-25(13-11-24)39-19-34(20-39)21-43-22-34/h8-9,14,16-17,24-25,37-38H,4,7,10-13,15,18-22,44H2,1-3H3,(H,36,41). The Kier molecular flexibility index (Phi) is 9.06. The number of nitrogens with one attached hydrogen (secondary N) is 3. The first kappa shape index (κ1) is 31.1. The Morgan fingerprint density at radius 2 is 2.00 bits per heavy atom. The molecule has 4 aliphatic rings. The van der Waals surface area contributed by atoms with Crippen LogP contribution in [-0.2, 0) is 11.3 Å². The monoisotopic (exact) mass is 613 g/mol. The van der Waals surface area contributed by atoms with Gasteiger partial charge in [0.05, 0.1) is 46.1 Å². The molecule has 8 nitrogen and oxygen atoms in total. The van der Waals surface area contributed by atoms with Gasteiger partial charge in [0.25, 0.3) is 5.91 Å². The number of amides is 1. The summed E-state index contributed by atoms with van der Waals surface area (Å²) in [6.45, 7) is 7.49. The van der Waals surface area contributed by atoms with Crippen LogP contribution in [0.5, 0.6) is 5.75 Å². The van der Waals surface area contributed by atoms with Crippen LogP contribution < -0.4 is 31.3 Å². The molecule has 44 heavy (non-hydrogen) atoms. The number of methoxy groups -OCH3 is 1. The summed E-state index contributed by atoms with van der Waals surface area (Å²) in [6.07, 6.45) is 9.32. The van der Waals surface area contributed by atoms with Crippen molar-refractivity contribution in [1.82, 2.24) is 20.1 Å². The van der Waals surface area contributed by atoms with Gasteiger partial charge < -0.3 is 30.0 Å². The average molecular weight is 614 g/mol. The van der Waals surface area contributed by atoms with Gasteiger partial charge in [0, 0.05) is 66.0 Å². The van der Waals surface area contributed by atoms with Gasteiger partial charge in [-0.2, -0.15) is 0 Å². The largest absolute Gasteiger partial charge is 0.495 e. The Hall–Kier alpha value is -2.92. The first-order chi connectivity index (χ1) is 21.2. The first-order valence-electron chi connectivity index (χ1n) is 15.9. The number of hydrogen-bond acceptors (Lipinski definition) is 6. The number of hydrogen-bond donors (Lipinski definition) is 3. The second-order valence-electron chi connectivity index (χ2n) is 13.3. The van der Waals surface area contributed by atoms with Crippen molar-refractivity contribution < 1.29 is 14.3 Å². The van der Waals surface area contributed by atoms with Crippen molar-refractivity contribution in [2.24, 2.45) is 5.41 Å². The predicted molar refractivity (Wildman–Crippen MR) is 180 cm³/mol. The van der Waals surface area contributed by atoms with Crippen molar-refractivity contribution in [3.8, 4) is 17.6 Å². The van der Waals surface area contributed by atoms with Crippen LogP contribution in [0.25, 0.3) is 11.8 Å². The summed E-state index contributed by atoms with van der Waals surface area (Å²) in [6, 6.07) is 8.83. The van der Waals surface area contributed by atoms with Crippen LogP contribution in [0.3, 0.4) is 0 Å². The van der Waals surface area contributed by atoms with Crippen molar-refractivity contribution in [2.45, 2.75) is 69.1 Å². The number of likely N-dealkylation sites (tertiary alicyclic amines) is 1. The minimum absolute atomic E-state index is 0.153. The molecule has 2 saturated heterocycles. The van der Waals surface area contributed by atoms with E-state index in [4.69, 9.17) is 17.3 Å². The molecule has 2 atom stereocenters. The third kappa shape index (κ3) is 6.69. The topological polar surface area (TPSA) is 79.8 Å². The zero-order valence-corrected chi connectivity index (χ0v) is 27.5. The van der Waals surface area contributed by atoms with E-state index in [1.807, 2.05) is 13.0 Å². The van der Waals surface area contributed by atoms with E-state index in [2.05, 4.69) is 58.6 Å². The Morgan fingerprint density at radius 1 is 1.23 bits per heavy atom. The van der Waals surface area contributed by atoms with E-state index < -0.39 is 5.06 Å². The molecule has 0 bridgehead atoms. The minimum Gasteiger partial charge on any atom is -0.495 e. The van der Waals surface area contributed by atoms with E-state index in [0.29, 0.717) is 35.9 Å². The highest BCUT2D eigenvalue weighted by Gasteiger charge is 2.50. The van der Waals surface area contributed by atoms with Crippen LogP contribution in [0.1, 0.15) is 61.5 Å². The lowest BCUT2D eigenvalue weighted by Crippen LogP contribution is -2.68. The molecular weight excluding hydrogens is 568 g/mol. The van der Waals surface area contributed by atoms with Crippen LogP contribution in [0.4, 0.5) is 5.69 Å². The SMILES string of the molecule is [B]C(C)(P)Cn1c(C#CCNc2ccc(C(=O)NC)cc2OC)cc2c1=CCCC=2NC1CCC(N2CC3(COC3)C2)CC1. The number of fused-ring (bicyclic) bond motifs is 1. The zero-order chi connectivity index (χ0) is 30.9. The fraction of sp³-hybridized carbons (Fsp3) is 0.559. The summed E-state index contributed by atoms with van der Waals surface area (Å²) < 4.78 is 13.3. The number of carbonyl (C=O) groups is 1. The Morgan fingerprint density at radius 3 is 2.66 bits per heavy atom. The smallest absolute Gasteiger partial charge is 0.251 e. The number of carbonyl (C=O) groups excluding carboxylic acids is 1. The minimum atomic E-state index is -0.459. The van der Waals surface area contributed by atoms with Crippen molar-refractivity contribution in [2.75, 3.05) is 52.3 Å². The summed E-state index contributed by atoms with van der Waals surface area (Å²) in [7, 11) is 12.5. The lowest BCUT2D eigenvalue weighted by atomic mass is 9.75. The first-order valence-corrected chi connectivity index (χ1v) is 16.5. The van der Waals surface area contributed by atoms with Gasteiger partial charge in [-0.1, -0.05) is 18.9 Å². The van der Waals surface area contributed by atoms with Crippen molar-refractivity contribution >= 4 is 40.5 Å². The number of benzene rings is 1. The van der Waals surface area contributed by atoms with Crippen LogP contribution in [0, 0.1) is 17.3 Å². The highest BCUT2D eigenvalue weighted by Crippen LogP contribution is 2.41. The molecule has 1 saturated carbocycles. The van der Waals surface area contributed by atoms with E-state index in [-0.39, 0.29) is 5.91 Å². The summed E-state index contributed by atoms with van der Waals surface area (Å²) in [4.78, 5) is 14.7. The summed E-state index contributed by atoms with van der Waals surface area (Å²) in [5.74, 6) is 7.17. The summed E-state index contributed by atoms with van der Waals surface area (Å²) in [5.41, 5.74) is 4.13. The molecule has 3 N–H and O–H groups in total. The molecule has 1 spiro atoms. The summed E-state index contributed by atoms with van der Waals surface area (Å²) >= 11 is 0. The molecule has 3 heterocycles. The van der Waals surface area contributed by atoms with E-state index in [0.717, 1.165) is 43.5 Å². The highest BCUT2D eigenvalue weighted by molar-refractivity contribution is 7.22. The zero-order valence-electron chi connectivity index (χ0n) is 26.3. The Labute approximate surface area is 265 Å². The molecule has 1 aromatic carbocycles. The number of anilines is 1. The molecule has 10 heteroatoms. The molecule has 1 amide bonds. The number of rotatable bonds is 9. The van der Waals surface area contributed by atoms with E-state index in [1.165, 1.54) is 55.0 Å². The van der Waals surface area contributed by atoms with Gasteiger partial charge in [-0.15, -0.1) is 9.24 Å². The summed E-state index contributed by atoms with van der Waals surface area (Å²) in [5, 5.41) is 12.0. The van der Waals surface area contributed by atoms with Gasteiger partial charge in [0.15, 0.2) is 0 Å². The van der Waals surface area contributed by atoms with Crippen LogP contribution in [0.15, 0.2) is 24.3 Å². The molecule has 6 rings (SSSR count). The number of ether oxygens (including phenoxy) is 2. The molecule has 2 aliphatic heterocycles. The fourth-order valence-corrected chi connectivity index (χ4v) is 7.34. The van der Waals surface area contributed by atoms with Crippen molar-refractivity contribution in [3.05, 3.63) is 46.1 Å². The predicted octanol–water partition coefficient (Wildman–Crippen LogP) is 2.00. The van der Waals surface area contributed by atoms with Gasteiger partial charge in [0.2, 0.25) is 0 Å². The van der Waals surface area contributed by atoms with Gasteiger partial charge in [0.1, 0.15) is 5.75 Å². The normalized spacial score (nSPS) is 23.5. The Balaban J connectivity index is 1.16. The van der Waals surface area contributed by atoms with Crippen LogP contribution >= 0.6 is 9.24 Å². The number of aromatic nitrogens is 1. The maximum absolute atomic E-state index is 12.0. The van der Waals surface area contributed by atoms with Gasteiger partial charge in [-0.25, -0.2) is 0 Å². The van der Waals surface area contributed by atoms with E-state index >= 15 is 0 Å². The van der Waals surface area contributed by atoms with Crippen molar-refractivity contribution in [3.63, 3.8) is 0 Å². The molecule has 2 aliphatic carbocycles. The third-order valence-electron chi connectivity index (χ3n) is 9.45. The third-order valence-corrected chi connectivity index (χ3v) is 9.64. The number of nitrogens with zero attached hydrogens (tertiary/aromatic N) is 2. The molecule has 3 fully saturated rings. The van der Waals surface area contributed by atoms with E-state index in [1.54, 1.807) is 26.3 Å². The molecule has 2 aromatic rings. The molecular formula is C34H45BN5O3P. The van der Waals surface area contributed by atoms with Gasteiger partial charge in [-0.05, 0) is 73.8 Å². The molecule has 1 aromatic heterocycles. The second-order valence-corrected chi connectivity index (χ2v) is 14.7. The quantitative estimate of drug-likeness (QED) is 0.228. The van der Waals surface area contributed by atoms with Crippen LogP contribution in [0.2, 0.25) is 0 Å². The lowest BCUT2D eigenvalue weighted by molar-refractivity contribution is -0.200. The van der Waals surface area contributed by atoms with Gasteiger partial charge >= 0.3 is 0 Å². The Bertz CT molecular complexity index is 1570. The molecule has 2 radical (unpaired) electrons. The fourth-order valence-electron chi connectivity index (χ4n) is 7.15. The maximum Gasteiger partial charge on any atom is 0.251 e. The second kappa shape index (κ2) is 12.8. The lowest BCUT2D eigenvalue weighted by Gasteiger charge is -2.58. The molecule has 232 valence electrons. The van der Waals surface area contributed by atoms with Crippen molar-refractivity contribution in [1.29, 1.82) is 0 Å². The maximum atomic E-state index is 12.0. The molecule has 2 unspecified atom stereocenters.